The molecule has 108 valence electrons. The van der Waals surface area contributed by atoms with Gasteiger partial charge in [-0.1, -0.05) is 13.8 Å². The van der Waals surface area contributed by atoms with Gasteiger partial charge < -0.3 is 5.32 Å². The van der Waals surface area contributed by atoms with Crippen molar-refractivity contribution in [2.24, 2.45) is 0 Å². The SMILES string of the molecule is Cc1cc(CNC(C)C)cc(-n2nc(C)c(Br)c2C)n1. The summed E-state index contributed by atoms with van der Waals surface area (Å²) in [5, 5.41) is 7.98. The number of aromatic nitrogens is 3. The van der Waals surface area contributed by atoms with Crippen molar-refractivity contribution in [3.05, 3.63) is 39.3 Å². The fourth-order valence-corrected chi connectivity index (χ4v) is 2.35. The predicted octanol–water partition coefficient (Wildman–Crippen LogP) is 3.45. The van der Waals surface area contributed by atoms with Gasteiger partial charge in [0.1, 0.15) is 0 Å². The number of rotatable bonds is 4. The van der Waals surface area contributed by atoms with Crippen molar-refractivity contribution >= 4 is 15.9 Å². The highest BCUT2D eigenvalue weighted by molar-refractivity contribution is 9.10. The van der Waals surface area contributed by atoms with Crippen LogP contribution in [0.3, 0.4) is 0 Å². The molecule has 0 aliphatic carbocycles. The molecule has 0 spiro atoms. The maximum absolute atomic E-state index is 4.60. The summed E-state index contributed by atoms with van der Waals surface area (Å²) in [7, 11) is 0. The topological polar surface area (TPSA) is 42.7 Å². The quantitative estimate of drug-likeness (QED) is 0.929. The number of aryl methyl sites for hydroxylation is 2. The van der Waals surface area contributed by atoms with Crippen LogP contribution in [0.2, 0.25) is 0 Å². The van der Waals surface area contributed by atoms with E-state index in [4.69, 9.17) is 0 Å². The highest BCUT2D eigenvalue weighted by atomic mass is 79.9. The van der Waals surface area contributed by atoms with Gasteiger partial charge in [0.2, 0.25) is 0 Å². The largest absolute Gasteiger partial charge is 0.310 e. The monoisotopic (exact) mass is 336 g/mol. The number of pyridine rings is 1. The zero-order chi connectivity index (χ0) is 14.9. The summed E-state index contributed by atoms with van der Waals surface area (Å²) in [4.78, 5) is 4.60. The summed E-state index contributed by atoms with van der Waals surface area (Å²) in [6.07, 6.45) is 0. The zero-order valence-electron chi connectivity index (χ0n) is 12.7. The smallest absolute Gasteiger partial charge is 0.154 e. The van der Waals surface area contributed by atoms with E-state index in [-0.39, 0.29) is 0 Å². The molecule has 0 atom stereocenters. The van der Waals surface area contributed by atoms with Crippen LogP contribution in [0, 0.1) is 20.8 Å². The molecule has 5 heteroatoms. The van der Waals surface area contributed by atoms with Crippen molar-refractivity contribution in [2.45, 2.75) is 47.2 Å². The predicted molar refractivity (Wildman–Crippen MR) is 85.2 cm³/mol. The van der Waals surface area contributed by atoms with Crippen molar-refractivity contribution < 1.29 is 0 Å². The van der Waals surface area contributed by atoms with Crippen LogP contribution in [0.4, 0.5) is 0 Å². The van der Waals surface area contributed by atoms with E-state index in [2.05, 4.69) is 57.3 Å². The Labute approximate surface area is 128 Å². The first-order valence-electron chi connectivity index (χ1n) is 6.81. The summed E-state index contributed by atoms with van der Waals surface area (Å²) in [6, 6.07) is 4.67. The Morgan fingerprint density at radius 1 is 1.25 bits per heavy atom. The van der Waals surface area contributed by atoms with E-state index in [9.17, 15) is 0 Å². The molecule has 0 amide bonds. The standard InChI is InChI=1S/C15H21BrN4/c1-9(2)17-8-13-6-10(3)18-14(7-13)20-12(5)15(16)11(4)19-20/h6-7,9,17H,8H2,1-5H3. The van der Waals surface area contributed by atoms with Crippen molar-refractivity contribution in [3.63, 3.8) is 0 Å². The second-order valence-corrected chi connectivity index (χ2v) is 6.20. The van der Waals surface area contributed by atoms with Crippen molar-refractivity contribution in [1.82, 2.24) is 20.1 Å². The van der Waals surface area contributed by atoms with E-state index in [0.717, 1.165) is 33.9 Å². The van der Waals surface area contributed by atoms with Crippen LogP contribution >= 0.6 is 15.9 Å². The molecule has 0 aliphatic rings. The van der Waals surface area contributed by atoms with Gasteiger partial charge in [0.25, 0.3) is 0 Å². The van der Waals surface area contributed by atoms with Crippen LogP contribution < -0.4 is 5.32 Å². The maximum atomic E-state index is 4.60. The molecule has 2 heterocycles. The normalized spacial score (nSPS) is 11.3. The third kappa shape index (κ3) is 3.27. The molecule has 0 radical (unpaired) electrons. The minimum absolute atomic E-state index is 0.467. The fourth-order valence-electron chi connectivity index (χ4n) is 2.10. The van der Waals surface area contributed by atoms with Gasteiger partial charge >= 0.3 is 0 Å². The molecule has 0 aromatic carbocycles. The van der Waals surface area contributed by atoms with E-state index in [1.165, 1.54) is 5.56 Å². The Bertz CT molecular complexity index is 617. The molecule has 1 N–H and O–H groups in total. The molecular formula is C15H21BrN4. The molecule has 0 saturated heterocycles. The van der Waals surface area contributed by atoms with Gasteiger partial charge in [0.15, 0.2) is 5.82 Å². The summed E-state index contributed by atoms with van der Waals surface area (Å²) in [5.74, 6) is 0.872. The Morgan fingerprint density at radius 2 is 1.95 bits per heavy atom. The first-order valence-corrected chi connectivity index (χ1v) is 7.61. The maximum Gasteiger partial charge on any atom is 0.154 e. The summed E-state index contributed by atoms with van der Waals surface area (Å²) in [5.41, 5.74) is 4.28. The van der Waals surface area contributed by atoms with E-state index in [1.807, 2.05) is 25.5 Å². The van der Waals surface area contributed by atoms with E-state index in [1.54, 1.807) is 0 Å². The molecule has 4 nitrogen and oxygen atoms in total. The second-order valence-electron chi connectivity index (χ2n) is 5.41. The molecule has 2 rings (SSSR count). The van der Waals surface area contributed by atoms with Gasteiger partial charge in [-0.25, -0.2) is 9.67 Å². The van der Waals surface area contributed by atoms with Gasteiger partial charge in [-0.05, 0) is 54.4 Å². The van der Waals surface area contributed by atoms with Crippen molar-refractivity contribution in [1.29, 1.82) is 0 Å². The van der Waals surface area contributed by atoms with Gasteiger partial charge in [-0.3, -0.25) is 0 Å². The van der Waals surface area contributed by atoms with Crippen molar-refractivity contribution in [2.75, 3.05) is 0 Å². The van der Waals surface area contributed by atoms with E-state index in [0.29, 0.717) is 6.04 Å². The molecule has 0 bridgehead atoms. The van der Waals surface area contributed by atoms with Crippen LogP contribution in [0.5, 0.6) is 0 Å². The minimum atomic E-state index is 0.467. The number of nitrogens with one attached hydrogen (secondary N) is 1. The van der Waals surface area contributed by atoms with Gasteiger partial charge in [0.05, 0.1) is 15.9 Å². The molecular weight excluding hydrogens is 316 g/mol. The molecule has 0 saturated carbocycles. The average Bonchev–Trinajstić information content (AvgIpc) is 2.63. The molecule has 0 aliphatic heterocycles. The molecule has 0 fully saturated rings. The lowest BCUT2D eigenvalue weighted by Crippen LogP contribution is -2.22. The van der Waals surface area contributed by atoms with Crippen molar-refractivity contribution in [3.8, 4) is 5.82 Å². The Morgan fingerprint density at radius 3 is 2.50 bits per heavy atom. The Balaban J connectivity index is 2.39. The average molecular weight is 337 g/mol. The van der Waals surface area contributed by atoms with E-state index >= 15 is 0 Å². The second kappa shape index (κ2) is 6.06. The lowest BCUT2D eigenvalue weighted by Gasteiger charge is -2.11. The third-order valence-electron chi connectivity index (χ3n) is 3.13. The minimum Gasteiger partial charge on any atom is -0.310 e. The highest BCUT2D eigenvalue weighted by Gasteiger charge is 2.12. The van der Waals surface area contributed by atoms with Crippen LogP contribution in [0.25, 0.3) is 5.82 Å². The number of hydrogen-bond acceptors (Lipinski definition) is 3. The van der Waals surface area contributed by atoms with Crippen LogP contribution in [0.1, 0.15) is 36.5 Å². The zero-order valence-corrected chi connectivity index (χ0v) is 14.2. The number of nitrogens with zero attached hydrogens (tertiary/aromatic N) is 3. The summed E-state index contributed by atoms with van der Waals surface area (Å²) >= 11 is 3.56. The molecule has 2 aromatic rings. The molecule has 2 aromatic heterocycles. The lowest BCUT2D eigenvalue weighted by molar-refractivity contribution is 0.587. The summed E-state index contributed by atoms with van der Waals surface area (Å²) < 4.78 is 2.94. The first-order chi connectivity index (χ1) is 9.38. The van der Waals surface area contributed by atoms with Gasteiger partial charge in [0, 0.05) is 18.3 Å². The number of hydrogen-bond donors (Lipinski definition) is 1. The first kappa shape index (κ1) is 15.2. The van der Waals surface area contributed by atoms with Crippen LogP contribution in [0.15, 0.2) is 16.6 Å². The highest BCUT2D eigenvalue weighted by Crippen LogP contribution is 2.22. The van der Waals surface area contributed by atoms with Gasteiger partial charge in [-0.15, -0.1) is 0 Å². The van der Waals surface area contributed by atoms with E-state index < -0.39 is 0 Å². The Kier molecular flexibility index (Phi) is 4.60. The molecule has 0 unspecified atom stereocenters. The fraction of sp³-hybridized carbons (Fsp3) is 0.467. The summed E-state index contributed by atoms with van der Waals surface area (Å²) in [6.45, 7) is 11.2. The molecule has 20 heavy (non-hydrogen) atoms. The lowest BCUT2D eigenvalue weighted by atomic mass is 10.2. The Hall–Kier alpha value is -1.20. The van der Waals surface area contributed by atoms with Crippen LogP contribution in [-0.2, 0) is 6.54 Å². The number of halogens is 1. The van der Waals surface area contributed by atoms with Crippen LogP contribution in [-0.4, -0.2) is 20.8 Å². The third-order valence-corrected chi connectivity index (χ3v) is 4.28. The van der Waals surface area contributed by atoms with Gasteiger partial charge in [-0.2, -0.15) is 5.10 Å².